The normalized spacial score (nSPS) is 17.6. The molecular formula is C19H22Br2N2O. The number of nitrogens with zero attached hydrogens (tertiary/aromatic N) is 2. The molecule has 1 aromatic carbocycles. The molecule has 1 saturated heterocycles. The van der Waals surface area contributed by atoms with Crippen molar-refractivity contribution in [2.45, 2.75) is 39.0 Å². The van der Waals surface area contributed by atoms with Crippen molar-refractivity contribution in [3.05, 3.63) is 62.3 Å². The molecule has 24 heavy (non-hydrogen) atoms. The Morgan fingerprint density at radius 3 is 2.79 bits per heavy atom. The Morgan fingerprint density at radius 2 is 2.08 bits per heavy atom. The lowest BCUT2D eigenvalue weighted by Crippen LogP contribution is -2.32. The van der Waals surface area contributed by atoms with Gasteiger partial charge in [-0.05, 0) is 65.0 Å². The fourth-order valence-corrected chi connectivity index (χ4v) is 4.05. The average molecular weight is 454 g/mol. The van der Waals surface area contributed by atoms with Crippen molar-refractivity contribution in [1.82, 2.24) is 9.88 Å². The summed E-state index contributed by atoms with van der Waals surface area (Å²) >= 11 is 7.17. The molecule has 0 N–H and O–H groups in total. The lowest BCUT2D eigenvalue weighted by molar-refractivity contribution is 0.0674. The van der Waals surface area contributed by atoms with Gasteiger partial charge in [-0.3, -0.25) is 4.90 Å². The molecule has 2 aromatic rings. The Bertz CT molecular complexity index is 687. The lowest BCUT2D eigenvalue weighted by Gasteiger charge is -2.25. The van der Waals surface area contributed by atoms with Crippen molar-refractivity contribution in [1.29, 1.82) is 0 Å². The van der Waals surface area contributed by atoms with Crippen LogP contribution in [0, 0.1) is 6.92 Å². The molecule has 1 fully saturated rings. The Labute approximate surface area is 160 Å². The SMILES string of the molecule is Cc1ccc(CN(Cc2cccc(Br)n2)CC2CCCO2)c(Br)c1. The molecule has 5 heteroatoms. The van der Waals surface area contributed by atoms with Gasteiger partial charge in [0.2, 0.25) is 0 Å². The maximum Gasteiger partial charge on any atom is 0.106 e. The van der Waals surface area contributed by atoms with Crippen LogP contribution in [-0.4, -0.2) is 29.1 Å². The van der Waals surface area contributed by atoms with E-state index in [1.165, 1.54) is 22.0 Å². The summed E-state index contributed by atoms with van der Waals surface area (Å²) in [6.45, 7) is 5.65. The molecule has 3 nitrogen and oxygen atoms in total. The monoisotopic (exact) mass is 452 g/mol. The van der Waals surface area contributed by atoms with E-state index in [1.807, 2.05) is 12.1 Å². The number of rotatable bonds is 6. The van der Waals surface area contributed by atoms with Gasteiger partial charge < -0.3 is 4.74 Å². The molecule has 1 aliphatic heterocycles. The van der Waals surface area contributed by atoms with Gasteiger partial charge in [-0.2, -0.15) is 0 Å². The quantitative estimate of drug-likeness (QED) is 0.569. The van der Waals surface area contributed by atoms with Crippen LogP contribution in [0.15, 0.2) is 45.5 Å². The molecule has 0 bridgehead atoms. The first-order valence-corrected chi connectivity index (χ1v) is 9.89. The van der Waals surface area contributed by atoms with Crippen molar-refractivity contribution >= 4 is 31.9 Å². The van der Waals surface area contributed by atoms with E-state index in [-0.39, 0.29) is 0 Å². The first-order valence-electron chi connectivity index (χ1n) is 8.30. The highest BCUT2D eigenvalue weighted by atomic mass is 79.9. The Balaban J connectivity index is 1.75. The van der Waals surface area contributed by atoms with Crippen LogP contribution >= 0.6 is 31.9 Å². The number of ether oxygens (including phenoxy) is 1. The molecule has 3 rings (SSSR count). The number of aromatic nitrogens is 1. The summed E-state index contributed by atoms with van der Waals surface area (Å²) in [6, 6.07) is 12.6. The minimum absolute atomic E-state index is 0.335. The molecule has 0 radical (unpaired) electrons. The van der Waals surface area contributed by atoms with Crippen molar-refractivity contribution in [3.8, 4) is 0 Å². The zero-order chi connectivity index (χ0) is 16.9. The molecule has 0 aliphatic carbocycles. The molecule has 0 saturated carbocycles. The summed E-state index contributed by atoms with van der Waals surface area (Å²) in [7, 11) is 0. The largest absolute Gasteiger partial charge is 0.377 e. The molecule has 0 amide bonds. The van der Waals surface area contributed by atoms with Gasteiger partial charge in [0.05, 0.1) is 11.8 Å². The number of benzene rings is 1. The van der Waals surface area contributed by atoms with E-state index in [1.54, 1.807) is 0 Å². The minimum atomic E-state index is 0.335. The van der Waals surface area contributed by atoms with E-state index in [4.69, 9.17) is 4.74 Å². The summed E-state index contributed by atoms with van der Waals surface area (Å²) in [5.74, 6) is 0. The van der Waals surface area contributed by atoms with Crippen molar-refractivity contribution in [2.75, 3.05) is 13.2 Å². The van der Waals surface area contributed by atoms with Gasteiger partial charge in [0.15, 0.2) is 0 Å². The molecule has 1 aromatic heterocycles. The number of aryl methyl sites for hydroxylation is 1. The van der Waals surface area contributed by atoms with Gasteiger partial charge in [0.25, 0.3) is 0 Å². The highest BCUT2D eigenvalue weighted by Gasteiger charge is 2.20. The van der Waals surface area contributed by atoms with E-state index in [0.717, 1.165) is 43.0 Å². The van der Waals surface area contributed by atoms with Crippen LogP contribution in [0.2, 0.25) is 0 Å². The van der Waals surface area contributed by atoms with Crippen LogP contribution in [0.4, 0.5) is 0 Å². The van der Waals surface area contributed by atoms with Gasteiger partial charge in [0.1, 0.15) is 4.60 Å². The second kappa shape index (κ2) is 8.56. The summed E-state index contributed by atoms with van der Waals surface area (Å²) in [5, 5.41) is 0. The summed E-state index contributed by atoms with van der Waals surface area (Å²) in [4.78, 5) is 7.02. The molecular weight excluding hydrogens is 432 g/mol. The molecule has 1 atom stereocenters. The van der Waals surface area contributed by atoms with Crippen LogP contribution in [0.25, 0.3) is 0 Å². The first-order chi connectivity index (χ1) is 11.6. The van der Waals surface area contributed by atoms with Gasteiger partial charge >= 0.3 is 0 Å². The highest BCUT2D eigenvalue weighted by Crippen LogP contribution is 2.22. The maximum absolute atomic E-state index is 5.85. The average Bonchev–Trinajstić information content (AvgIpc) is 3.03. The molecule has 2 heterocycles. The van der Waals surface area contributed by atoms with E-state index >= 15 is 0 Å². The zero-order valence-electron chi connectivity index (χ0n) is 13.8. The van der Waals surface area contributed by atoms with Gasteiger partial charge in [-0.1, -0.05) is 34.1 Å². The Hall–Kier alpha value is -0.750. The number of pyridine rings is 1. The van der Waals surface area contributed by atoms with Crippen molar-refractivity contribution < 1.29 is 4.74 Å². The number of hydrogen-bond acceptors (Lipinski definition) is 3. The van der Waals surface area contributed by atoms with Crippen LogP contribution in [0.3, 0.4) is 0 Å². The zero-order valence-corrected chi connectivity index (χ0v) is 17.0. The maximum atomic E-state index is 5.85. The lowest BCUT2D eigenvalue weighted by atomic mass is 10.1. The molecule has 1 aliphatic rings. The predicted octanol–water partition coefficient (Wildman–Crippen LogP) is 5.10. The Morgan fingerprint density at radius 1 is 1.21 bits per heavy atom. The van der Waals surface area contributed by atoms with Crippen LogP contribution in [-0.2, 0) is 17.8 Å². The topological polar surface area (TPSA) is 25.4 Å². The smallest absolute Gasteiger partial charge is 0.106 e. The van der Waals surface area contributed by atoms with Gasteiger partial charge in [0, 0.05) is 30.7 Å². The second-order valence-corrected chi connectivity index (χ2v) is 8.02. The van der Waals surface area contributed by atoms with E-state index in [9.17, 15) is 0 Å². The number of hydrogen-bond donors (Lipinski definition) is 0. The van der Waals surface area contributed by atoms with E-state index < -0.39 is 0 Å². The minimum Gasteiger partial charge on any atom is -0.377 e. The Kier molecular flexibility index (Phi) is 6.44. The second-order valence-electron chi connectivity index (χ2n) is 6.35. The van der Waals surface area contributed by atoms with E-state index in [2.05, 4.69) is 72.9 Å². The van der Waals surface area contributed by atoms with Gasteiger partial charge in [-0.15, -0.1) is 0 Å². The number of halogens is 2. The van der Waals surface area contributed by atoms with Crippen LogP contribution in [0.5, 0.6) is 0 Å². The third-order valence-electron chi connectivity index (χ3n) is 4.25. The molecule has 0 spiro atoms. The van der Waals surface area contributed by atoms with Crippen molar-refractivity contribution in [3.63, 3.8) is 0 Å². The first kappa shape index (κ1) is 18.1. The fourth-order valence-electron chi connectivity index (χ4n) is 3.05. The standard InChI is InChI=1S/C19H22Br2N2O/c1-14-7-8-15(18(20)10-14)11-23(13-17-5-3-9-24-17)12-16-4-2-6-19(21)22-16/h2,4,6-8,10,17H,3,5,9,11-13H2,1H3. The summed E-state index contributed by atoms with van der Waals surface area (Å²) < 4.78 is 7.90. The predicted molar refractivity (Wildman–Crippen MR) is 104 cm³/mol. The van der Waals surface area contributed by atoms with Crippen LogP contribution < -0.4 is 0 Å². The van der Waals surface area contributed by atoms with Crippen molar-refractivity contribution in [2.24, 2.45) is 0 Å². The molecule has 128 valence electrons. The third-order valence-corrected chi connectivity index (χ3v) is 5.43. The summed E-state index contributed by atoms with van der Waals surface area (Å²) in [6.07, 6.45) is 2.65. The van der Waals surface area contributed by atoms with Gasteiger partial charge in [-0.25, -0.2) is 4.98 Å². The van der Waals surface area contributed by atoms with Crippen LogP contribution in [0.1, 0.15) is 29.7 Å². The van der Waals surface area contributed by atoms with E-state index in [0.29, 0.717) is 6.10 Å². The third kappa shape index (κ3) is 5.12. The highest BCUT2D eigenvalue weighted by molar-refractivity contribution is 9.10. The summed E-state index contributed by atoms with van der Waals surface area (Å²) in [5.41, 5.74) is 3.64. The fraction of sp³-hybridized carbons (Fsp3) is 0.421. The molecule has 1 unspecified atom stereocenters.